The molecule has 1 heterocycles. The van der Waals surface area contributed by atoms with Gasteiger partial charge in [0.15, 0.2) is 0 Å². The number of rotatable bonds is 6. The average molecular weight is 219 g/mol. The van der Waals surface area contributed by atoms with Gasteiger partial charge in [0.05, 0.1) is 6.61 Å². The minimum Gasteiger partial charge on any atom is -0.480 e. The molecule has 0 saturated carbocycles. The number of carboxylic acid groups (broad SMARTS) is 1. The Hall–Kier alpha value is -0.260. The van der Waals surface area contributed by atoms with Crippen LogP contribution in [0.15, 0.2) is 0 Å². The van der Waals surface area contributed by atoms with Crippen molar-refractivity contribution in [1.29, 1.82) is 0 Å². The van der Waals surface area contributed by atoms with Crippen molar-refractivity contribution in [3.05, 3.63) is 0 Å². The number of methoxy groups -OCH3 is 1. The molecular formula is C9H17NO3S. The van der Waals surface area contributed by atoms with Gasteiger partial charge in [0.2, 0.25) is 0 Å². The summed E-state index contributed by atoms with van der Waals surface area (Å²) in [5, 5.41) is 11.9. The van der Waals surface area contributed by atoms with Crippen LogP contribution in [0.25, 0.3) is 0 Å². The predicted molar refractivity (Wildman–Crippen MR) is 56.7 cm³/mol. The lowest BCUT2D eigenvalue weighted by atomic mass is 10.1. The van der Waals surface area contributed by atoms with Crippen molar-refractivity contribution in [3.8, 4) is 0 Å². The van der Waals surface area contributed by atoms with Crippen LogP contribution in [0.3, 0.4) is 0 Å². The number of aliphatic carboxylic acids is 1. The van der Waals surface area contributed by atoms with Crippen molar-refractivity contribution in [3.63, 3.8) is 0 Å². The molecule has 1 aliphatic heterocycles. The molecule has 5 heteroatoms. The molecule has 1 fully saturated rings. The van der Waals surface area contributed by atoms with E-state index >= 15 is 0 Å². The van der Waals surface area contributed by atoms with Crippen LogP contribution in [0.1, 0.15) is 6.42 Å². The summed E-state index contributed by atoms with van der Waals surface area (Å²) >= 11 is 1.94. The van der Waals surface area contributed by atoms with Gasteiger partial charge in [-0.2, -0.15) is 11.8 Å². The van der Waals surface area contributed by atoms with Crippen molar-refractivity contribution >= 4 is 17.7 Å². The Morgan fingerprint density at radius 1 is 1.79 bits per heavy atom. The average Bonchev–Trinajstić information content (AvgIpc) is 2.64. The van der Waals surface area contributed by atoms with Crippen LogP contribution in [0.5, 0.6) is 0 Å². The fourth-order valence-corrected chi connectivity index (χ4v) is 2.72. The summed E-state index contributed by atoms with van der Waals surface area (Å²) in [6.45, 7) is 1.02. The van der Waals surface area contributed by atoms with Crippen LogP contribution in [0, 0.1) is 5.92 Å². The topological polar surface area (TPSA) is 58.6 Å². The molecular weight excluding hydrogens is 202 g/mol. The predicted octanol–water partition coefficient (Wildman–Crippen LogP) is 0.429. The summed E-state index contributed by atoms with van der Waals surface area (Å²) in [6.07, 6.45) is 1.19. The molecule has 1 aliphatic rings. The maximum atomic E-state index is 10.7. The second kappa shape index (κ2) is 6.27. The molecule has 14 heavy (non-hydrogen) atoms. The number of hydrogen-bond donors (Lipinski definition) is 2. The highest BCUT2D eigenvalue weighted by atomic mass is 32.2. The van der Waals surface area contributed by atoms with E-state index in [-0.39, 0.29) is 6.61 Å². The first kappa shape index (κ1) is 11.8. The van der Waals surface area contributed by atoms with E-state index in [9.17, 15) is 4.79 Å². The molecule has 0 aliphatic carbocycles. The van der Waals surface area contributed by atoms with Gasteiger partial charge in [0, 0.05) is 7.11 Å². The highest BCUT2D eigenvalue weighted by Gasteiger charge is 2.20. The molecule has 82 valence electrons. The first-order valence-electron chi connectivity index (χ1n) is 4.77. The molecule has 0 spiro atoms. The Bertz CT molecular complexity index is 183. The Balaban J connectivity index is 2.21. The molecule has 2 N–H and O–H groups in total. The third kappa shape index (κ3) is 3.86. The van der Waals surface area contributed by atoms with Gasteiger partial charge < -0.3 is 15.2 Å². The summed E-state index contributed by atoms with van der Waals surface area (Å²) in [7, 11) is 1.52. The zero-order valence-corrected chi connectivity index (χ0v) is 9.18. The van der Waals surface area contributed by atoms with Crippen LogP contribution in [-0.4, -0.2) is 48.9 Å². The molecule has 1 rings (SSSR count). The quantitative estimate of drug-likeness (QED) is 0.678. The molecule has 0 aromatic carbocycles. The van der Waals surface area contributed by atoms with E-state index in [0.717, 1.165) is 12.3 Å². The largest absolute Gasteiger partial charge is 0.480 e. The highest BCUT2D eigenvalue weighted by Crippen LogP contribution is 2.22. The molecule has 0 aromatic heterocycles. The lowest BCUT2D eigenvalue weighted by molar-refractivity contribution is -0.140. The summed E-state index contributed by atoms with van der Waals surface area (Å²) in [6, 6.07) is -0.564. The lowest BCUT2D eigenvalue weighted by Gasteiger charge is -2.16. The van der Waals surface area contributed by atoms with E-state index in [1.807, 2.05) is 11.8 Å². The van der Waals surface area contributed by atoms with E-state index in [4.69, 9.17) is 9.84 Å². The number of carbonyl (C=O) groups is 1. The molecule has 0 bridgehead atoms. The number of nitrogens with one attached hydrogen (secondary N) is 1. The van der Waals surface area contributed by atoms with Gasteiger partial charge in [-0.25, -0.2) is 0 Å². The van der Waals surface area contributed by atoms with E-state index < -0.39 is 12.0 Å². The molecule has 1 saturated heterocycles. The van der Waals surface area contributed by atoms with Crippen LogP contribution >= 0.6 is 11.8 Å². The zero-order valence-electron chi connectivity index (χ0n) is 8.36. The van der Waals surface area contributed by atoms with Crippen LogP contribution in [0.2, 0.25) is 0 Å². The third-order valence-electron chi connectivity index (χ3n) is 2.31. The smallest absolute Gasteiger partial charge is 0.323 e. The second-order valence-corrected chi connectivity index (χ2v) is 4.63. The summed E-state index contributed by atoms with van der Waals surface area (Å²) in [5.41, 5.74) is 0. The van der Waals surface area contributed by atoms with Crippen molar-refractivity contribution in [2.45, 2.75) is 12.5 Å². The van der Waals surface area contributed by atoms with Crippen molar-refractivity contribution in [2.24, 2.45) is 5.92 Å². The van der Waals surface area contributed by atoms with Crippen molar-refractivity contribution < 1.29 is 14.6 Å². The Morgan fingerprint density at radius 2 is 2.57 bits per heavy atom. The number of carboxylic acids is 1. The number of hydrogen-bond acceptors (Lipinski definition) is 4. The standard InChI is InChI=1S/C9H17NO3S/c1-13-5-8(9(11)12)10-4-7-2-3-14-6-7/h7-8,10H,2-6H2,1H3,(H,11,12). The minimum absolute atomic E-state index is 0.231. The van der Waals surface area contributed by atoms with Gasteiger partial charge in [-0.1, -0.05) is 0 Å². The zero-order chi connectivity index (χ0) is 10.4. The molecule has 0 amide bonds. The number of ether oxygens (including phenoxy) is 1. The summed E-state index contributed by atoms with van der Waals surface area (Å²) < 4.78 is 4.83. The molecule has 4 nitrogen and oxygen atoms in total. The van der Waals surface area contributed by atoms with Gasteiger partial charge in [0.1, 0.15) is 6.04 Å². The van der Waals surface area contributed by atoms with Crippen molar-refractivity contribution in [1.82, 2.24) is 5.32 Å². The molecule has 0 aromatic rings. The van der Waals surface area contributed by atoms with E-state index in [2.05, 4.69) is 5.32 Å². The first-order chi connectivity index (χ1) is 6.74. The molecule has 2 unspecified atom stereocenters. The van der Waals surface area contributed by atoms with E-state index in [0.29, 0.717) is 5.92 Å². The minimum atomic E-state index is -0.836. The summed E-state index contributed by atoms with van der Waals surface area (Å²) in [5.74, 6) is 2.14. The van der Waals surface area contributed by atoms with Gasteiger partial charge in [-0.05, 0) is 30.4 Å². The van der Waals surface area contributed by atoms with Gasteiger partial charge >= 0.3 is 5.97 Å². The van der Waals surface area contributed by atoms with E-state index in [1.54, 1.807) is 0 Å². The van der Waals surface area contributed by atoms with Crippen molar-refractivity contribution in [2.75, 3.05) is 31.8 Å². The maximum absolute atomic E-state index is 10.7. The monoisotopic (exact) mass is 219 g/mol. The Kier molecular flexibility index (Phi) is 5.29. The fraction of sp³-hybridized carbons (Fsp3) is 0.889. The molecule has 2 atom stereocenters. The first-order valence-corrected chi connectivity index (χ1v) is 5.92. The van der Waals surface area contributed by atoms with Gasteiger partial charge in [0.25, 0.3) is 0 Å². The van der Waals surface area contributed by atoms with Crippen LogP contribution in [0.4, 0.5) is 0 Å². The normalized spacial score (nSPS) is 23.6. The van der Waals surface area contributed by atoms with Crippen LogP contribution < -0.4 is 5.32 Å². The summed E-state index contributed by atoms with van der Waals surface area (Å²) in [4.78, 5) is 10.7. The maximum Gasteiger partial charge on any atom is 0.323 e. The third-order valence-corrected chi connectivity index (χ3v) is 3.54. The lowest BCUT2D eigenvalue weighted by Crippen LogP contribution is -2.42. The number of thioether (sulfide) groups is 1. The van der Waals surface area contributed by atoms with Gasteiger partial charge in [-0.3, -0.25) is 4.79 Å². The SMILES string of the molecule is COCC(NCC1CCSC1)C(=O)O. The van der Waals surface area contributed by atoms with Gasteiger partial charge in [-0.15, -0.1) is 0 Å². The van der Waals surface area contributed by atoms with E-state index in [1.165, 1.54) is 19.3 Å². The Morgan fingerprint density at radius 3 is 3.07 bits per heavy atom. The Labute approximate surface area is 88.4 Å². The highest BCUT2D eigenvalue weighted by molar-refractivity contribution is 7.99. The fourth-order valence-electron chi connectivity index (χ4n) is 1.44. The van der Waals surface area contributed by atoms with Crippen LogP contribution in [-0.2, 0) is 9.53 Å². The second-order valence-electron chi connectivity index (χ2n) is 3.48. The molecule has 0 radical (unpaired) electrons.